The Hall–Kier alpha value is -2.28. The molecule has 1 aliphatic heterocycles. The molecule has 1 saturated heterocycles. The molecule has 0 bridgehead atoms. The average molecular weight is 388 g/mol. The van der Waals surface area contributed by atoms with Crippen LogP contribution in [0, 0.1) is 0 Å². The monoisotopic (exact) mass is 388 g/mol. The van der Waals surface area contributed by atoms with Gasteiger partial charge in [-0.15, -0.1) is 0 Å². The minimum absolute atomic E-state index is 0.219. The van der Waals surface area contributed by atoms with Crippen molar-refractivity contribution in [1.82, 2.24) is 0 Å². The van der Waals surface area contributed by atoms with Crippen molar-refractivity contribution in [3.05, 3.63) is 71.8 Å². The minimum Gasteiger partial charge on any atom is -0.433 e. The molecule has 0 N–H and O–H groups in total. The number of rotatable bonds is 7. The van der Waals surface area contributed by atoms with Crippen LogP contribution in [0.5, 0.6) is 0 Å². The zero-order valence-corrected chi connectivity index (χ0v) is 16.0. The van der Waals surface area contributed by atoms with Crippen molar-refractivity contribution in [1.29, 1.82) is 0 Å². The fourth-order valence-corrected chi connectivity index (χ4v) is 3.17. The van der Waals surface area contributed by atoms with Gasteiger partial charge < -0.3 is 18.9 Å². The first-order valence-corrected chi connectivity index (χ1v) is 9.32. The van der Waals surface area contributed by atoms with Crippen LogP contribution in [-0.4, -0.2) is 36.7 Å². The molecular weight excluding hydrogens is 363 g/mol. The molecule has 5 atom stereocenters. The Bertz CT molecular complexity index is 739. The molecule has 1 unspecified atom stereocenters. The summed E-state index contributed by atoms with van der Waals surface area (Å²) in [5.74, 6) is -0.606. The molecule has 3 rings (SSSR count). The van der Waals surface area contributed by atoms with E-state index in [2.05, 4.69) is 0 Å². The van der Waals surface area contributed by atoms with Gasteiger partial charge in [-0.1, -0.05) is 60.7 Å². The first kappa shape index (κ1) is 20.5. The van der Waals surface area contributed by atoms with Crippen LogP contribution in [0.3, 0.4) is 0 Å². The Labute approximate surface area is 164 Å². The SMILES string of the molecule is CC(=O)OC1O[C@@H](C)[C@@H](OCc2ccccc2)[C@@H](OCc2ccccc2)[C@@H]1F. The molecule has 0 saturated carbocycles. The third-order valence-electron chi connectivity index (χ3n) is 4.56. The molecule has 5 nitrogen and oxygen atoms in total. The van der Waals surface area contributed by atoms with Gasteiger partial charge in [-0.2, -0.15) is 0 Å². The van der Waals surface area contributed by atoms with Gasteiger partial charge in [0, 0.05) is 6.92 Å². The summed E-state index contributed by atoms with van der Waals surface area (Å²) in [5, 5.41) is 0. The molecule has 1 fully saturated rings. The van der Waals surface area contributed by atoms with Gasteiger partial charge in [-0.05, 0) is 18.1 Å². The zero-order valence-electron chi connectivity index (χ0n) is 16.0. The Balaban J connectivity index is 1.72. The second-order valence-corrected chi connectivity index (χ2v) is 6.79. The standard InChI is InChI=1S/C22H25FO5/c1-15-20(25-13-17-9-5-3-6-10-17)21(19(23)22(27-15)28-16(2)24)26-14-18-11-7-4-8-12-18/h3-12,15,19-22H,13-14H2,1-2H3/t15-,19-,20+,21-,22?/m0/s1. The van der Waals surface area contributed by atoms with E-state index in [0.717, 1.165) is 11.1 Å². The number of hydrogen-bond donors (Lipinski definition) is 0. The summed E-state index contributed by atoms with van der Waals surface area (Å²) in [6, 6.07) is 19.1. The predicted octanol–water partition coefficient (Wildman–Crippen LogP) is 3.80. The Kier molecular flexibility index (Phi) is 7.14. The van der Waals surface area contributed by atoms with Gasteiger partial charge in [0.2, 0.25) is 6.29 Å². The number of hydrogen-bond acceptors (Lipinski definition) is 5. The molecule has 6 heteroatoms. The second-order valence-electron chi connectivity index (χ2n) is 6.79. The van der Waals surface area contributed by atoms with E-state index in [1.165, 1.54) is 6.92 Å². The molecule has 0 amide bonds. The lowest BCUT2D eigenvalue weighted by molar-refractivity contribution is -0.287. The van der Waals surface area contributed by atoms with Crippen molar-refractivity contribution in [2.24, 2.45) is 0 Å². The number of ether oxygens (including phenoxy) is 4. The van der Waals surface area contributed by atoms with Crippen molar-refractivity contribution in [2.75, 3.05) is 0 Å². The molecule has 150 valence electrons. The van der Waals surface area contributed by atoms with Crippen LogP contribution < -0.4 is 0 Å². The summed E-state index contributed by atoms with van der Waals surface area (Å²) in [7, 11) is 0. The lowest BCUT2D eigenvalue weighted by Gasteiger charge is -2.41. The maximum Gasteiger partial charge on any atom is 0.305 e. The van der Waals surface area contributed by atoms with Crippen molar-refractivity contribution in [2.45, 2.75) is 57.8 Å². The highest BCUT2D eigenvalue weighted by atomic mass is 19.1. The van der Waals surface area contributed by atoms with Crippen molar-refractivity contribution >= 4 is 5.97 Å². The van der Waals surface area contributed by atoms with Gasteiger partial charge in [0.25, 0.3) is 0 Å². The zero-order chi connectivity index (χ0) is 19.9. The lowest BCUT2D eigenvalue weighted by atomic mass is 10.00. The highest BCUT2D eigenvalue weighted by Crippen LogP contribution is 2.30. The minimum atomic E-state index is -1.66. The van der Waals surface area contributed by atoms with E-state index in [0.29, 0.717) is 6.61 Å². The van der Waals surface area contributed by atoms with E-state index < -0.39 is 36.7 Å². The molecule has 1 aliphatic rings. The molecule has 0 radical (unpaired) electrons. The van der Waals surface area contributed by atoms with Crippen LogP contribution in [0.25, 0.3) is 0 Å². The van der Waals surface area contributed by atoms with Crippen LogP contribution in [0.15, 0.2) is 60.7 Å². The number of carbonyl (C=O) groups is 1. The van der Waals surface area contributed by atoms with Gasteiger partial charge in [-0.25, -0.2) is 4.39 Å². The maximum atomic E-state index is 15.1. The van der Waals surface area contributed by atoms with Crippen molar-refractivity contribution in [3.8, 4) is 0 Å². The highest BCUT2D eigenvalue weighted by molar-refractivity contribution is 5.66. The first-order valence-electron chi connectivity index (χ1n) is 9.32. The van der Waals surface area contributed by atoms with E-state index in [-0.39, 0.29) is 6.61 Å². The van der Waals surface area contributed by atoms with Crippen LogP contribution in [0.2, 0.25) is 0 Å². The van der Waals surface area contributed by atoms with Crippen LogP contribution >= 0.6 is 0 Å². The van der Waals surface area contributed by atoms with Crippen LogP contribution in [0.1, 0.15) is 25.0 Å². The summed E-state index contributed by atoms with van der Waals surface area (Å²) < 4.78 is 37.6. The maximum absolute atomic E-state index is 15.1. The van der Waals surface area contributed by atoms with E-state index in [4.69, 9.17) is 18.9 Å². The predicted molar refractivity (Wildman–Crippen MR) is 101 cm³/mol. The third-order valence-corrected chi connectivity index (χ3v) is 4.56. The first-order chi connectivity index (χ1) is 13.5. The van der Waals surface area contributed by atoms with E-state index in [1.54, 1.807) is 6.92 Å². The van der Waals surface area contributed by atoms with E-state index >= 15 is 4.39 Å². The molecule has 1 heterocycles. The number of benzene rings is 2. The molecule has 0 aromatic heterocycles. The van der Waals surface area contributed by atoms with Crippen molar-refractivity contribution < 1.29 is 28.1 Å². The smallest absolute Gasteiger partial charge is 0.305 e. The normalized spacial score (nSPS) is 27.3. The summed E-state index contributed by atoms with van der Waals surface area (Å²) >= 11 is 0. The molecule has 2 aromatic rings. The quantitative estimate of drug-likeness (QED) is 0.676. The van der Waals surface area contributed by atoms with Gasteiger partial charge in [-0.3, -0.25) is 4.79 Å². The molecule has 28 heavy (non-hydrogen) atoms. The Morgan fingerprint density at radius 3 is 1.93 bits per heavy atom. The average Bonchev–Trinajstić information content (AvgIpc) is 2.69. The molecular formula is C22H25FO5. The van der Waals surface area contributed by atoms with E-state index in [1.807, 2.05) is 60.7 Å². The highest BCUT2D eigenvalue weighted by Gasteiger charge is 2.48. The fourth-order valence-electron chi connectivity index (χ4n) is 3.17. The largest absolute Gasteiger partial charge is 0.433 e. The van der Waals surface area contributed by atoms with Gasteiger partial charge in [0.1, 0.15) is 12.2 Å². The van der Waals surface area contributed by atoms with Gasteiger partial charge >= 0.3 is 5.97 Å². The summed E-state index contributed by atoms with van der Waals surface area (Å²) in [4.78, 5) is 11.3. The van der Waals surface area contributed by atoms with E-state index in [9.17, 15) is 4.79 Å². The second kappa shape index (κ2) is 9.78. The Morgan fingerprint density at radius 2 is 1.43 bits per heavy atom. The molecule has 0 aliphatic carbocycles. The summed E-state index contributed by atoms with van der Waals surface area (Å²) in [6.07, 6.45) is -5.07. The fraction of sp³-hybridized carbons (Fsp3) is 0.409. The van der Waals surface area contributed by atoms with Crippen LogP contribution in [0.4, 0.5) is 4.39 Å². The van der Waals surface area contributed by atoms with Gasteiger partial charge in [0.05, 0.1) is 19.3 Å². The topological polar surface area (TPSA) is 54.0 Å². The summed E-state index contributed by atoms with van der Waals surface area (Å²) in [5.41, 5.74) is 1.88. The number of alkyl halides is 1. The van der Waals surface area contributed by atoms with Crippen LogP contribution in [-0.2, 0) is 37.0 Å². The number of halogens is 1. The Morgan fingerprint density at radius 1 is 0.929 bits per heavy atom. The van der Waals surface area contributed by atoms with Gasteiger partial charge in [0.15, 0.2) is 6.17 Å². The molecule has 2 aromatic carbocycles. The lowest BCUT2D eigenvalue weighted by Crippen LogP contribution is -2.57. The summed E-state index contributed by atoms with van der Waals surface area (Å²) in [6.45, 7) is 3.50. The molecule has 0 spiro atoms. The van der Waals surface area contributed by atoms with Crippen molar-refractivity contribution in [3.63, 3.8) is 0 Å². The third kappa shape index (κ3) is 5.38. The number of esters is 1. The number of carbonyl (C=O) groups excluding carboxylic acids is 1.